The zero-order valence-electron chi connectivity index (χ0n) is 4.50. The minimum atomic E-state index is -4.28. The van der Waals surface area contributed by atoms with Crippen LogP contribution in [-0.2, 0) is 0 Å². The minimum Gasteiger partial charge on any atom is -0.167 e. The van der Waals surface area contributed by atoms with Gasteiger partial charge in [-0.1, -0.05) is 6.58 Å². The van der Waals surface area contributed by atoms with Crippen LogP contribution in [0.2, 0.25) is 0 Å². The van der Waals surface area contributed by atoms with Crippen molar-refractivity contribution in [3.63, 3.8) is 0 Å². The number of allylic oxidation sites excluding steroid dienone is 3. The Kier molecular flexibility index (Phi) is 2.82. The summed E-state index contributed by atoms with van der Waals surface area (Å²) in [5.74, 6) is 0. The van der Waals surface area contributed by atoms with Gasteiger partial charge in [-0.05, 0) is 12.2 Å². The van der Waals surface area contributed by atoms with E-state index in [1.54, 1.807) is 0 Å². The molecule has 0 aliphatic rings. The summed E-state index contributed by atoms with van der Waals surface area (Å²) >= 11 is 0. The lowest BCUT2D eigenvalue weighted by Crippen LogP contribution is -1.99. The summed E-state index contributed by atoms with van der Waals surface area (Å²) in [6.45, 7) is 3.05. The molecule has 0 amide bonds. The molecule has 9 heavy (non-hydrogen) atoms. The van der Waals surface area contributed by atoms with E-state index in [1.807, 2.05) is 6.08 Å². The molecule has 0 rings (SSSR count). The van der Waals surface area contributed by atoms with Crippen LogP contribution in [0.1, 0.15) is 0 Å². The lowest BCUT2D eigenvalue weighted by Gasteiger charge is -1.93. The van der Waals surface area contributed by atoms with E-state index < -0.39 is 6.18 Å². The molecular weight excluding hydrogens is 129 g/mol. The van der Waals surface area contributed by atoms with Crippen molar-refractivity contribution in [3.8, 4) is 0 Å². The van der Waals surface area contributed by atoms with Gasteiger partial charge in [0.25, 0.3) is 0 Å². The molecule has 0 aromatic heterocycles. The summed E-state index contributed by atoms with van der Waals surface area (Å²) in [4.78, 5) is 0. The third-order valence-corrected chi connectivity index (χ3v) is 0.432. The fourth-order valence-electron chi connectivity index (χ4n) is 0.195. The maximum absolute atomic E-state index is 11.2. The maximum Gasteiger partial charge on any atom is 0.410 e. The van der Waals surface area contributed by atoms with Crippen LogP contribution >= 0.6 is 0 Å². The van der Waals surface area contributed by atoms with Crippen LogP contribution in [0, 0.1) is 6.08 Å². The second kappa shape index (κ2) is 3.15. The smallest absolute Gasteiger partial charge is 0.167 e. The highest BCUT2D eigenvalue weighted by Crippen LogP contribution is 2.15. The Morgan fingerprint density at radius 1 is 1.33 bits per heavy atom. The van der Waals surface area contributed by atoms with Gasteiger partial charge in [0.1, 0.15) is 0 Å². The fraction of sp³-hybridized carbons (Fsp3) is 0.167. The molecule has 49 valence electrons. The summed E-state index contributed by atoms with van der Waals surface area (Å²) in [6, 6.07) is 0. The van der Waals surface area contributed by atoms with E-state index in [-0.39, 0.29) is 6.08 Å². The summed E-state index contributed by atoms with van der Waals surface area (Å²) < 4.78 is 33.6. The molecule has 1 radical (unpaired) electrons. The molecule has 0 nitrogen and oxygen atoms in total. The van der Waals surface area contributed by atoms with E-state index in [0.717, 1.165) is 6.08 Å². The molecule has 0 aliphatic carbocycles. The van der Waals surface area contributed by atoms with Gasteiger partial charge in [-0.15, -0.1) is 5.73 Å². The van der Waals surface area contributed by atoms with Gasteiger partial charge in [0, 0.05) is 6.08 Å². The lowest BCUT2D eigenvalue weighted by molar-refractivity contribution is -0.0801. The molecule has 0 aromatic carbocycles. The number of hydrogen-bond donors (Lipinski definition) is 0. The molecule has 0 atom stereocenters. The molecule has 0 aromatic rings. The largest absolute Gasteiger partial charge is 0.410 e. The standard InChI is InChI=1S/C6H4F3/c1-2-3-4-5-6(7,8)9/h3,5H,1H2. The van der Waals surface area contributed by atoms with Crippen LogP contribution < -0.4 is 0 Å². The molecule has 0 fully saturated rings. The molecule has 0 saturated carbocycles. The average Bonchev–Trinajstić information content (AvgIpc) is 1.63. The number of hydrogen-bond acceptors (Lipinski definition) is 0. The molecule has 0 aliphatic heterocycles. The van der Waals surface area contributed by atoms with E-state index in [4.69, 9.17) is 0 Å². The third kappa shape index (κ3) is 7.05. The lowest BCUT2D eigenvalue weighted by atomic mass is 10.5. The summed E-state index contributed by atoms with van der Waals surface area (Å²) in [6.07, 6.45) is -1.50. The van der Waals surface area contributed by atoms with Crippen molar-refractivity contribution in [1.82, 2.24) is 0 Å². The molecule has 0 spiro atoms. The third-order valence-electron chi connectivity index (χ3n) is 0.432. The SMILES string of the molecule is C=C=C[C]=CC(F)(F)F. The highest BCUT2D eigenvalue weighted by molar-refractivity contribution is 4.95. The van der Waals surface area contributed by atoms with E-state index in [1.165, 1.54) is 0 Å². The van der Waals surface area contributed by atoms with Gasteiger partial charge in [0.05, 0.1) is 0 Å². The van der Waals surface area contributed by atoms with Gasteiger partial charge in [0.15, 0.2) is 0 Å². The van der Waals surface area contributed by atoms with E-state index in [0.29, 0.717) is 0 Å². The van der Waals surface area contributed by atoms with Crippen molar-refractivity contribution in [2.45, 2.75) is 6.18 Å². The molecule has 0 saturated heterocycles. The first-order valence-corrected chi connectivity index (χ1v) is 2.08. The van der Waals surface area contributed by atoms with E-state index in [9.17, 15) is 13.2 Å². The fourth-order valence-corrected chi connectivity index (χ4v) is 0.195. The average molecular weight is 133 g/mol. The number of halogens is 3. The van der Waals surface area contributed by atoms with Gasteiger partial charge in [0.2, 0.25) is 0 Å². The van der Waals surface area contributed by atoms with Gasteiger partial charge >= 0.3 is 6.18 Å². The van der Waals surface area contributed by atoms with Crippen LogP contribution in [-0.4, -0.2) is 6.18 Å². The van der Waals surface area contributed by atoms with Crippen molar-refractivity contribution in [3.05, 3.63) is 30.5 Å². The number of alkyl halides is 3. The highest BCUT2D eigenvalue weighted by atomic mass is 19.4. The summed E-state index contributed by atoms with van der Waals surface area (Å²) in [5.41, 5.74) is 2.12. The maximum atomic E-state index is 11.2. The second-order valence-corrected chi connectivity index (χ2v) is 1.20. The van der Waals surface area contributed by atoms with Crippen molar-refractivity contribution >= 4 is 0 Å². The number of rotatable bonds is 1. The first-order chi connectivity index (χ1) is 4.06. The van der Waals surface area contributed by atoms with Gasteiger partial charge < -0.3 is 0 Å². The Hall–Kier alpha value is -0.950. The van der Waals surface area contributed by atoms with Crippen LogP contribution in [0.5, 0.6) is 0 Å². The van der Waals surface area contributed by atoms with Crippen molar-refractivity contribution in [2.75, 3.05) is 0 Å². The first kappa shape index (κ1) is 8.05. The monoisotopic (exact) mass is 133 g/mol. The molecular formula is C6H4F3. The van der Waals surface area contributed by atoms with Crippen molar-refractivity contribution < 1.29 is 13.2 Å². The summed E-state index contributed by atoms with van der Waals surface area (Å²) in [5, 5.41) is 0. The van der Waals surface area contributed by atoms with Crippen molar-refractivity contribution in [2.24, 2.45) is 0 Å². The second-order valence-electron chi connectivity index (χ2n) is 1.20. The summed E-state index contributed by atoms with van der Waals surface area (Å²) in [7, 11) is 0. The van der Waals surface area contributed by atoms with Crippen LogP contribution in [0.25, 0.3) is 0 Å². The Morgan fingerprint density at radius 3 is 2.22 bits per heavy atom. The Bertz CT molecular complexity index is 146. The Balaban J connectivity index is 3.85. The van der Waals surface area contributed by atoms with Gasteiger partial charge in [-0.2, -0.15) is 13.2 Å². The molecule has 0 bridgehead atoms. The quantitative estimate of drug-likeness (QED) is 0.380. The van der Waals surface area contributed by atoms with Gasteiger partial charge in [-0.25, -0.2) is 0 Å². The van der Waals surface area contributed by atoms with Crippen LogP contribution in [0.15, 0.2) is 24.5 Å². The van der Waals surface area contributed by atoms with E-state index >= 15 is 0 Å². The molecule has 0 N–H and O–H groups in total. The van der Waals surface area contributed by atoms with E-state index in [2.05, 4.69) is 12.3 Å². The molecule has 0 heterocycles. The van der Waals surface area contributed by atoms with Crippen LogP contribution in [0.3, 0.4) is 0 Å². The zero-order chi connectivity index (χ0) is 7.33. The Labute approximate surface area is 51.0 Å². The zero-order valence-corrected chi connectivity index (χ0v) is 4.50. The highest BCUT2D eigenvalue weighted by Gasteiger charge is 2.21. The molecule has 0 unspecified atom stereocenters. The van der Waals surface area contributed by atoms with Crippen LogP contribution in [0.4, 0.5) is 13.2 Å². The van der Waals surface area contributed by atoms with Gasteiger partial charge in [-0.3, -0.25) is 0 Å². The predicted molar refractivity (Wildman–Crippen MR) is 27.6 cm³/mol. The predicted octanol–water partition coefficient (Wildman–Crippen LogP) is 2.25. The molecule has 3 heteroatoms. The van der Waals surface area contributed by atoms with Crippen molar-refractivity contribution in [1.29, 1.82) is 0 Å². The topological polar surface area (TPSA) is 0 Å². The normalized spacial score (nSPS) is 11.4. The minimum absolute atomic E-state index is 0.00875. The first-order valence-electron chi connectivity index (χ1n) is 2.08. The Morgan fingerprint density at radius 2 is 1.89 bits per heavy atom.